The molecule has 4 N–H and O–H groups in total. The molecule has 0 rings (SSSR count). The highest BCUT2D eigenvalue weighted by atomic mass is 31.2. The van der Waals surface area contributed by atoms with Crippen LogP contribution in [-0.4, -0.2) is 45.0 Å². The van der Waals surface area contributed by atoms with Crippen LogP contribution in [0.15, 0.2) is 0 Å². The third-order valence-corrected chi connectivity index (χ3v) is 2.61. The molecule has 2 unspecified atom stereocenters. The van der Waals surface area contributed by atoms with Crippen molar-refractivity contribution in [2.45, 2.75) is 26.1 Å². The third-order valence-electron chi connectivity index (χ3n) is 1.34. The lowest BCUT2D eigenvalue weighted by Gasteiger charge is -2.16. The first kappa shape index (κ1) is 17.2. The molecule has 11 heteroatoms. The van der Waals surface area contributed by atoms with Gasteiger partial charge in [-0.1, -0.05) is 0 Å². The van der Waals surface area contributed by atoms with E-state index in [4.69, 9.17) is 24.3 Å². The lowest BCUT2D eigenvalue weighted by atomic mass is 10.4. The molecule has 0 saturated carbocycles. The lowest BCUT2D eigenvalue weighted by molar-refractivity contribution is 0.00327. The fraction of sp³-hybridized carbons (Fsp3) is 1.00. The van der Waals surface area contributed by atoms with Gasteiger partial charge in [0, 0.05) is 0 Å². The molecule has 17 heavy (non-hydrogen) atoms. The lowest BCUT2D eigenvalue weighted by Crippen LogP contribution is -2.20. The van der Waals surface area contributed by atoms with Crippen molar-refractivity contribution >= 4 is 15.6 Å². The highest BCUT2D eigenvalue weighted by Gasteiger charge is 2.21. The van der Waals surface area contributed by atoms with E-state index < -0.39 is 27.9 Å². The zero-order valence-electron chi connectivity index (χ0n) is 9.29. The van der Waals surface area contributed by atoms with Gasteiger partial charge in [0.15, 0.2) is 0 Å². The van der Waals surface area contributed by atoms with Crippen molar-refractivity contribution < 1.29 is 42.5 Å². The van der Waals surface area contributed by atoms with Crippen LogP contribution in [0.2, 0.25) is 0 Å². The van der Waals surface area contributed by atoms with Gasteiger partial charge in [0.2, 0.25) is 0 Å². The van der Waals surface area contributed by atoms with Gasteiger partial charge in [-0.2, -0.15) is 0 Å². The summed E-state index contributed by atoms with van der Waals surface area (Å²) in [6.07, 6.45) is -1.70. The first-order valence-electron chi connectivity index (χ1n) is 4.55. The Bertz CT molecular complexity index is 277. The topological polar surface area (TPSA) is 143 Å². The molecular formula is C6H16O9P2. The number of ether oxygens (including phenoxy) is 1. The Morgan fingerprint density at radius 2 is 1.18 bits per heavy atom. The fourth-order valence-electron chi connectivity index (χ4n) is 0.930. The molecule has 0 aliphatic rings. The Balaban J connectivity index is 3.77. The Hall–Kier alpha value is 0.180. The summed E-state index contributed by atoms with van der Waals surface area (Å²) in [5.74, 6) is 0. The molecule has 2 atom stereocenters. The van der Waals surface area contributed by atoms with Crippen LogP contribution in [0.25, 0.3) is 0 Å². The normalized spacial score (nSPS) is 16.8. The fourth-order valence-corrected chi connectivity index (χ4v) is 1.99. The Labute approximate surface area is 98.2 Å². The smallest absolute Gasteiger partial charge is 0.376 e. The molecule has 0 heterocycles. The molecule has 0 radical (unpaired) electrons. The van der Waals surface area contributed by atoms with E-state index in [1.54, 1.807) is 0 Å². The maximum Gasteiger partial charge on any atom is 0.469 e. The average Bonchev–Trinajstić information content (AvgIpc) is 1.95. The highest BCUT2D eigenvalue weighted by Crippen LogP contribution is 2.38. The van der Waals surface area contributed by atoms with Crippen molar-refractivity contribution in [3.8, 4) is 0 Å². The van der Waals surface area contributed by atoms with Crippen molar-refractivity contribution in [2.24, 2.45) is 0 Å². The SMILES string of the molecule is CC(COCC(C)OP(=O)(O)O)OP(=O)(O)O. The molecule has 0 amide bonds. The molecule has 0 spiro atoms. The molecule has 0 aliphatic heterocycles. The Kier molecular flexibility index (Phi) is 7.01. The summed E-state index contributed by atoms with van der Waals surface area (Å²) in [7, 11) is -9.11. The molecule has 0 bridgehead atoms. The minimum absolute atomic E-state index is 0.139. The molecule has 0 saturated heterocycles. The second kappa shape index (κ2) is 6.94. The van der Waals surface area contributed by atoms with Gasteiger partial charge in [0.25, 0.3) is 0 Å². The summed E-state index contributed by atoms with van der Waals surface area (Å²) in [5, 5.41) is 0. The maximum absolute atomic E-state index is 10.4. The van der Waals surface area contributed by atoms with Crippen LogP contribution in [0, 0.1) is 0 Å². The summed E-state index contributed by atoms with van der Waals surface area (Å²) in [6.45, 7) is 2.49. The van der Waals surface area contributed by atoms with E-state index in [0.29, 0.717) is 0 Å². The van der Waals surface area contributed by atoms with E-state index in [1.165, 1.54) is 13.8 Å². The van der Waals surface area contributed by atoms with Gasteiger partial charge in [-0.25, -0.2) is 9.13 Å². The van der Waals surface area contributed by atoms with Gasteiger partial charge in [-0.3, -0.25) is 9.05 Å². The van der Waals surface area contributed by atoms with E-state index in [2.05, 4.69) is 9.05 Å². The van der Waals surface area contributed by atoms with Crippen LogP contribution in [-0.2, 0) is 22.9 Å². The van der Waals surface area contributed by atoms with Gasteiger partial charge >= 0.3 is 15.6 Å². The van der Waals surface area contributed by atoms with Crippen molar-refractivity contribution in [3.05, 3.63) is 0 Å². The second-order valence-corrected chi connectivity index (χ2v) is 5.73. The maximum atomic E-state index is 10.4. The standard InChI is InChI=1S/C6H16O9P2/c1-5(14-16(7,8)9)3-13-4-6(2)15-17(10,11)12/h5-6H,3-4H2,1-2H3,(H2,7,8,9)(H2,10,11,12). The molecule has 0 fully saturated rings. The Morgan fingerprint density at radius 1 is 0.882 bits per heavy atom. The number of hydrogen-bond acceptors (Lipinski definition) is 5. The van der Waals surface area contributed by atoms with Gasteiger partial charge in [0.1, 0.15) is 0 Å². The van der Waals surface area contributed by atoms with E-state index >= 15 is 0 Å². The van der Waals surface area contributed by atoms with Gasteiger partial charge in [-0.15, -0.1) is 0 Å². The summed E-state index contributed by atoms with van der Waals surface area (Å²) >= 11 is 0. The zero-order valence-corrected chi connectivity index (χ0v) is 11.1. The van der Waals surface area contributed by atoms with Gasteiger partial charge < -0.3 is 24.3 Å². The largest absolute Gasteiger partial charge is 0.469 e. The predicted octanol–water partition coefficient (Wildman–Crippen LogP) is -0.00140. The molecule has 9 nitrogen and oxygen atoms in total. The van der Waals surface area contributed by atoms with Gasteiger partial charge in [-0.05, 0) is 13.8 Å². The first-order valence-corrected chi connectivity index (χ1v) is 7.61. The Morgan fingerprint density at radius 3 is 1.41 bits per heavy atom. The summed E-state index contributed by atoms with van der Waals surface area (Å²) in [6, 6.07) is 0. The highest BCUT2D eigenvalue weighted by molar-refractivity contribution is 7.46. The molecule has 0 aromatic heterocycles. The number of rotatable bonds is 8. The van der Waals surface area contributed by atoms with Crippen LogP contribution in [0.5, 0.6) is 0 Å². The number of phosphoric ester groups is 2. The first-order chi connectivity index (χ1) is 7.49. The molecular weight excluding hydrogens is 278 g/mol. The monoisotopic (exact) mass is 294 g/mol. The van der Waals surface area contributed by atoms with Gasteiger partial charge in [0.05, 0.1) is 25.4 Å². The van der Waals surface area contributed by atoms with Crippen LogP contribution in [0.1, 0.15) is 13.8 Å². The number of hydrogen-bond donors (Lipinski definition) is 4. The van der Waals surface area contributed by atoms with Crippen molar-refractivity contribution in [3.63, 3.8) is 0 Å². The minimum Gasteiger partial charge on any atom is -0.376 e. The van der Waals surface area contributed by atoms with E-state index in [1.807, 2.05) is 0 Å². The van der Waals surface area contributed by atoms with Crippen molar-refractivity contribution in [2.75, 3.05) is 13.2 Å². The van der Waals surface area contributed by atoms with E-state index in [-0.39, 0.29) is 13.2 Å². The van der Waals surface area contributed by atoms with Crippen LogP contribution >= 0.6 is 15.6 Å². The summed E-state index contributed by atoms with van der Waals surface area (Å²) in [5.41, 5.74) is 0. The number of phosphoric acid groups is 2. The summed E-state index contributed by atoms with van der Waals surface area (Å²) in [4.78, 5) is 33.8. The van der Waals surface area contributed by atoms with Crippen molar-refractivity contribution in [1.82, 2.24) is 0 Å². The third kappa shape index (κ3) is 12.4. The summed E-state index contributed by atoms with van der Waals surface area (Å²) < 4.78 is 34.3. The predicted molar refractivity (Wildman–Crippen MR) is 56.0 cm³/mol. The van der Waals surface area contributed by atoms with Crippen LogP contribution < -0.4 is 0 Å². The minimum atomic E-state index is -4.56. The van der Waals surface area contributed by atoms with E-state index in [0.717, 1.165) is 0 Å². The van der Waals surface area contributed by atoms with E-state index in [9.17, 15) is 9.13 Å². The molecule has 104 valence electrons. The second-order valence-electron chi connectivity index (χ2n) is 3.35. The average molecular weight is 294 g/mol. The quantitative estimate of drug-likeness (QED) is 0.455. The van der Waals surface area contributed by atoms with Crippen molar-refractivity contribution in [1.29, 1.82) is 0 Å². The van der Waals surface area contributed by atoms with Crippen LogP contribution in [0.3, 0.4) is 0 Å². The molecule has 0 aliphatic carbocycles. The van der Waals surface area contributed by atoms with Crippen LogP contribution in [0.4, 0.5) is 0 Å². The zero-order chi connectivity index (χ0) is 13.7. The molecule has 0 aromatic carbocycles. The molecule has 0 aromatic rings.